The molecule has 0 aromatic heterocycles. The molecule has 0 radical (unpaired) electrons. The quantitative estimate of drug-likeness (QED) is 0.0403. The third-order valence-electron chi connectivity index (χ3n) is 7.44. The minimum absolute atomic E-state index is 0. The third kappa shape index (κ3) is 45.5. The van der Waals surface area contributed by atoms with Gasteiger partial charge in [0.05, 0.1) is 12.2 Å². The van der Waals surface area contributed by atoms with Gasteiger partial charge in [-0.05, 0) is 70.6 Å². The molecule has 0 aliphatic heterocycles. The molecule has 0 aliphatic carbocycles. The van der Waals surface area contributed by atoms with Gasteiger partial charge in [0.15, 0.2) is 0 Å². The van der Waals surface area contributed by atoms with Crippen molar-refractivity contribution in [3.8, 4) is 0 Å². The Morgan fingerprint density at radius 2 is 0.930 bits per heavy atom. The number of unbranched alkanes of at least 4 members (excludes halogenated alkanes) is 16. The number of aliphatic carboxylic acids is 2. The number of hydrogen-bond acceptors (Lipinski definition) is 5. The van der Waals surface area contributed by atoms with Crippen molar-refractivity contribution in [3.05, 3.63) is 24.3 Å². The monoisotopic (exact) mass is 659 g/mol. The zero-order chi connectivity index (χ0) is 31.5. The Morgan fingerprint density at radius 1 is 0.558 bits per heavy atom. The average Bonchev–Trinajstić information content (AvgIpc) is 2.95. The number of carbonyl (C=O) groups is 2. The van der Waals surface area contributed by atoms with Crippen LogP contribution in [0, 0.1) is 0 Å². The smallest absolute Gasteiger partial charge is 0.550 e. The fourth-order valence-corrected chi connectivity index (χ4v) is 4.72. The van der Waals surface area contributed by atoms with Crippen LogP contribution in [0.5, 0.6) is 0 Å². The molecule has 7 heteroatoms. The minimum atomic E-state index is -0.939. The van der Waals surface area contributed by atoms with Gasteiger partial charge in [-0.25, -0.2) is 0 Å². The normalized spacial score (nSPS) is 12.6. The first kappa shape index (κ1) is 46.4. The van der Waals surface area contributed by atoms with Crippen LogP contribution in [0.2, 0.25) is 0 Å². The first-order chi connectivity index (χ1) is 20.3. The van der Waals surface area contributed by atoms with E-state index < -0.39 is 11.9 Å². The Hall–Kier alpha value is -1.04. The second kappa shape index (κ2) is 39.0. The van der Waals surface area contributed by atoms with Gasteiger partial charge >= 0.3 is 25.4 Å². The summed E-state index contributed by atoms with van der Waals surface area (Å²) in [4.78, 5) is 20.5. The molecule has 3 N–H and O–H groups in total. The van der Waals surface area contributed by atoms with Crippen LogP contribution < -0.4 is 5.11 Å². The zero-order valence-electron chi connectivity index (χ0n) is 28.1. The van der Waals surface area contributed by atoms with Crippen LogP contribution in [-0.2, 0) is 29.1 Å². The number of carboxylic acid groups (broad SMARTS) is 2. The Balaban J connectivity index is -0.000000727. The van der Waals surface area contributed by atoms with E-state index in [0.717, 1.165) is 109 Å². The van der Waals surface area contributed by atoms with Crippen molar-refractivity contribution in [2.45, 2.75) is 193 Å². The summed E-state index contributed by atoms with van der Waals surface area (Å²) in [5.74, 6) is -1.63. The van der Waals surface area contributed by atoms with Crippen LogP contribution in [-0.4, -0.2) is 39.5 Å². The summed E-state index contributed by atoms with van der Waals surface area (Å²) in [5.41, 5.74) is 0. The molecule has 0 bridgehead atoms. The standard InChI is InChI=1S/2C18H34O3.Zn/c2*1-2-3-4-11-14-17(19)15-12-9-7-5-6-8-10-13-16-18(20)21;/h2*9,12,17,19H,2-8,10-11,13-16H2,1H3,(H,20,21);/q;;+2/p-1/b2*12-9-;/t2*17-;/m11./s1. The van der Waals surface area contributed by atoms with Crippen molar-refractivity contribution in [2.24, 2.45) is 0 Å². The summed E-state index contributed by atoms with van der Waals surface area (Å²) >= 11 is 0. The van der Waals surface area contributed by atoms with E-state index in [1.807, 2.05) is 0 Å². The fraction of sp³-hybridized carbons (Fsp3) is 0.833. The number of rotatable bonds is 30. The molecule has 0 rings (SSSR count). The van der Waals surface area contributed by atoms with Crippen molar-refractivity contribution in [1.29, 1.82) is 0 Å². The Morgan fingerprint density at radius 3 is 1.33 bits per heavy atom. The van der Waals surface area contributed by atoms with E-state index in [-0.39, 0.29) is 38.1 Å². The van der Waals surface area contributed by atoms with E-state index in [1.165, 1.54) is 44.9 Å². The van der Waals surface area contributed by atoms with E-state index in [4.69, 9.17) is 5.11 Å². The van der Waals surface area contributed by atoms with Gasteiger partial charge in [0.1, 0.15) is 0 Å². The van der Waals surface area contributed by atoms with Gasteiger partial charge < -0.3 is 25.2 Å². The third-order valence-corrected chi connectivity index (χ3v) is 7.44. The van der Waals surface area contributed by atoms with Crippen LogP contribution in [0.1, 0.15) is 181 Å². The van der Waals surface area contributed by atoms with E-state index in [0.29, 0.717) is 6.42 Å². The van der Waals surface area contributed by atoms with Gasteiger partial charge in [-0.2, -0.15) is 0 Å². The number of aliphatic hydroxyl groups excluding tert-OH is 2. The van der Waals surface area contributed by atoms with Crippen molar-refractivity contribution in [1.82, 2.24) is 0 Å². The summed E-state index contributed by atoms with van der Waals surface area (Å²) in [6.07, 6.45) is 34.4. The van der Waals surface area contributed by atoms with Gasteiger partial charge in [0.2, 0.25) is 0 Å². The van der Waals surface area contributed by atoms with E-state index >= 15 is 0 Å². The predicted molar refractivity (Wildman–Crippen MR) is 174 cm³/mol. The molecule has 0 saturated heterocycles. The Bertz CT molecular complexity index is 583. The second-order valence-electron chi connectivity index (χ2n) is 11.8. The van der Waals surface area contributed by atoms with E-state index in [9.17, 15) is 24.9 Å². The molecular formula is C36H67O6Zn+. The number of hydrogen-bond donors (Lipinski definition) is 3. The summed E-state index contributed by atoms with van der Waals surface area (Å²) < 4.78 is 0. The number of carboxylic acids is 2. The van der Waals surface area contributed by atoms with Crippen molar-refractivity contribution < 1.29 is 49.5 Å². The summed E-state index contributed by atoms with van der Waals surface area (Å²) in [6.45, 7) is 4.40. The van der Waals surface area contributed by atoms with Crippen molar-refractivity contribution in [3.63, 3.8) is 0 Å². The molecule has 2 atom stereocenters. The Labute approximate surface area is 278 Å². The van der Waals surface area contributed by atoms with Gasteiger partial charge in [-0.3, -0.25) is 4.79 Å². The summed E-state index contributed by atoms with van der Waals surface area (Å²) in [5, 5.41) is 38.3. The maximum absolute atomic E-state index is 10.3. The van der Waals surface area contributed by atoms with Gasteiger partial charge in [-0.15, -0.1) is 0 Å². The number of carbonyl (C=O) groups excluding carboxylic acids is 1. The van der Waals surface area contributed by atoms with Gasteiger partial charge in [0.25, 0.3) is 0 Å². The van der Waals surface area contributed by atoms with Gasteiger partial charge in [-0.1, -0.05) is 128 Å². The first-order valence-corrected chi connectivity index (χ1v) is 17.4. The number of allylic oxidation sites excluding steroid dienone is 2. The molecule has 6 nitrogen and oxygen atoms in total. The SMILES string of the molecule is CCCCCC[C@@H](O)C/C=C\CCCCCCCC(=O)O.CCCCCC[C@@H](O)C/C=C\CCCCCCCC(=O)[O-].[Zn+2]. The summed E-state index contributed by atoms with van der Waals surface area (Å²) in [7, 11) is 0. The molecule has 248 valence electrons. The van der Waals surface area contributed by atoms with Crippen LogP contribution in [0.15, 0.2) is 24.3 Å². The molecule has 0 aromatic rings. The van der Waals surface area contributed by atoms with Gasteiger partial charge in [0, 0.05) is 12.4 Å². The molecule has 0 heterocycles. The maximum Gasteiger partial charge on any atom is 2.00 e. The summed E-state index contributed by atoms with van der Waals surface area (Å²) in [6, 6.07) is 0. The molecule has 0 unspecified atom stereocenters. The largest absolute Gasteiger partial charge is 2.00 e. The Kier molecular flexibility index (Phi) is 42.1. The number of aliphatic hydroxyl groups is 2. The molecule has 0 aliphatic rings. The van der Waals surface area contributed by atoms with Crippen LogP contribution in [0.25, 0.3) is 0 Å². The van der Waals surface area contributed by atoms with Crippen LogP contribution in [0.4, 0.5) is 0 Å². The molecule has 43 heavy (non-hydrogen) atoms. The molecule has 0 fully saturated rings. The molecule has 0 saturated carbocycles. The molecule has 0 amide bonds. The fourth-order valence-electron chi connectivity index (χ4n) is 4.72. The molecule has 0 spiro atoms. The van der Waals surface area contributed by atoms with E-state index in [1.54, 1.807) is 0 Å². The predicted octanol–water partition coefficient (Wildman–Crippen LogP) is 8.82. The minimum Gasteiger partial charge on any atom is -0.550 e. The van der Waals surface area contributed by atoms with Crippen molar-refractivity contribution >= 4 is 11.9 Å². The van der Waals surface area contributed by atoms with E-state index in [2.05, 4.69) is 38.2 Å². The second-order valence-corrected chi connectivity index (χ2v) is 11.8. The topological polar surface area (TPSA) is 118 Å². The first-order valence-electron chi connectivity index (χ1n) is 17.4. The molecule has 0 aromatic carbocycles. The van der Waals surface area contributed by atoms with Crippen LogP contribution in [0.3, 0.4) is 0 Å². The molecular weight excluding hydrogens is 594 g/mol. The van der Waals surface area contributed by atoms with Crippen molar-refractivity contribution in [2.75, 3.05) is 0 Å². The average molecular weight is 661 g/mol. The van der Waals surface area contributed by atoms with Crippen LogP contribution >= 0.6 is 0 Å². The zero-order valence-corrected chi connectivity index (χ0v) is 31.1. The maximum atomic E-state index is 10.3.